The number of nitro groups is 1. The molecular weight excluding hydrogens is 444 g/mol. The summed E-state index contributed by atoms with van der Waals surface area (Å²) in [5, 5.41) is 13.9. The summed E-state index contributed by atoms with van der Waals surface area (Å²) in [6, 6.07) is 21.2. The highest BCUT2D eigenvalue weighted by Crippen LogP contribution is 2.36. The Hall–Kier alpha value is -4.04. The molecule has 0 radical (unpaired) electrons. The first-order chi connectivity index (χ1) is 16.8. The number of anilines is 2. The zero-order chi connectivity index (χ0) is 24.9. The average Bonchev–Trinajstić information content (AvgIpc) is 3.04. The van der Waals surface area contributed by atoms with Crippen LogP contribution in [0.1, 0.15) is 40.4 Å². The molecule has 1 unspecified atom stereocenters. The van der Waals surface area contributed by atoms with Crippen LogP contribution < -0.4 is 10.2 Å². The molecule has 1 atom stereocenters. The summed E-state index contributed by atoms with van der Waals surface area (Å²) < 4.78 is 0. The molecule has 3 aromatic rings. The maximum absolute atomic E-state index is 13.4. The Balaban J connectivity index is 1.48. The molecule has 1 N–H and O–H groups in total. The number of carbonyl (C=O) groups excluding carboxylic acids is 2. The molecule has 0 spiro atoms. The van der Waals surface area contributed by atoms with E-state index in [-0.39, 0.29) is 30.0 Å². The number of benzene rings is 3. The molecule has 8 nitrogen and oxygen atoms in total. The van der Waals surface area contributed by atoms with Gasteiger partial charge in [0.25, 0.3) is 11.6 Å². The van der Waals surface area contributed by atoms with Crippen molar-refractivity contribution in [3.63, 3.8) is 0 Å². The van der Waals surface area contributed by atoms with E-state index in [0.717, 1.165) is 24.1 Å². The van der Waals surface area contributed by atoms with Gasteiger partial charge in [0.05, 0.1) is 11.3 Å². The van der Waals surface area contributed by atoms with Crippen LogP contribution >= 0.6 is 0 Å². The molecule has 180 valence electrons. The van der Waals surface area contributed by atoms with Gasteiger partial charge < -0.3 is 15.1 Å². The number of nitro benzene ring substituents is 1. The van der Waals surface area contributed by atoms with Gasteiger partial charge in [-0.3, -0.25) is 19.7 Å². The van der Waals surface area contributed by atoms with E-state index < -0.39 is 4.92 Å². The minimum Gasteiger partial charge on any atom is -0.326 e. The van der Waals surface area contributed by atoms with Crippen molar-refractivity contribution in [1.29, 1.82) is 0 Å². The van der Waals surface area contributed by atoms with E-state index in [4.69, 9.17) is 0 Å². The molecule has 2 amide bonds. The third-order valence-corrected chi connectivity index (χ3v) is 6.27. The van der Waals surface area contributed by atoms with Gasteiger partial charge in [-0.2, -0.15) is 0 Å². The van der Waals surface area contributed by atoms with E-state index in [0.29, 0.717) is 23.4 Å². The van der Waals surface area contributed by atoms with Gasteiger partial charge in [-0.15, -0.1) is 0 Å². The summed E-state index contributed by atoms with van der Waals surface area (Å²) in [6.45, 7) is 0.633. The molecule has 0 bridgehead atoms. The van der Waals surface area contributed by atoms with Crippen molar-refractivity contribution in [1.82, 2.24) is 4.90 Å². The van der Waals surface area contributed by atoms with Crippen LogP contribution in [0.25, 0.3) is 0 Å². The van der Waals surface area contributed by atoms with Crippen LogP contribution in [0.4, 0.5) is 17.1 Å². The summed E-state index contributed by atoms with van der Waals surface area (Å²) >= 11 is 0. The van der Waals surface area contributed by atoms with Crippen LogP contribution in [-0.4, -0.2) is 42.3 Å². The average molecular weight is 473 g/mol. The minimum absolute atomic E-state index is 0.0853. The van der Waals surface area contributed by atoms with E-state index in [1.807, 2.05) is 23.1 Å². The first-order valence-corrected chi connectivity index (χ1v) is 11.5. The van der Waals surface area contributed by atoms with E-state index in [9.17, 15) is 19.7 Å². The lowest BCUT2D eigenvalue weighted by molar-refractivity contribution is -0.385. The van der Waals surface area contributed by atoms with E-state index >= 15 is 0 Å². The topological polar surface area (TPSA) is 95.8 Å². The van der Waals surface area contributed by atoms with Gasteiger partial charge in [0.1, 0.15) is 0 Å². The van der Waals surface area contributed by atoms with Gasteiger partial charge in [0, 0.05) is 41.2 Å². The van der Waals surface area contributed by atoms with Gasteiger partial charge in [-0.05, 0) is 62.8 Å². The van der Waals surface area contributed by atoms with Crippen molar-refractivity contribution in [2.45, 2.75) is 25.3 Å². The fraction of sp³-hybridized carbons (Fsp3) is 0.259. The number of nitrogens with one attached hydrogen (secondary N) is 1. The number of rotatable bonds is 6. The predicted molar refractivity (Wildman–Crippen MR) is 136 cm³/mol. The third kappa shape index (κ3) is 5.38. The fourth-order valence-corrected chi connectivity index (χ4v) is 4.55. The van der Waals surface area contributed by atoms with Crippen molar-refractivity contribution in [2.75, 3.05) is 30.9 Å². The summed E-state index contributed by atoms with van der Waals surface area (Å²) in [5.74, 6) is -0.454. The molecule has 4 rings (SSSR count). The van der Waals surface area contributed by atoms with Crippen molar-refractivity contribution in [2.24, 2.45) is 0 Å². The quantitative estimate of drug-likeness (QED) is 0.410. The number of nitrogens with zero attached hydrogens (tertiary/aromatic N) is 3. The predicted octanol–water partition coefficient (Wildman–Crippen LogP) is 4.82. The van der Waals surface area contributed by atoms with Crippen LogP contribution in [0.15, 0.2) is 72.8 Å². The second kappa shape index (κ2) is 10.5. The lowest BCUT2D eigenvalue weighted by Crippen LogP contribution is -2.31. The molecule has 1 heterocycles. The van der Waals surface area contributed by atoms with Gasteiger partial charge in [0.2, 0.25) is 5.91 Å². The number of hydrogen-bond acceptors (Lipinski definition) is 5. The summed E-state index contributed by atoms with van der Waals surface area (Å²) in [6.07, 6.45) is 1.75. The summed E-state index contributed by atoms with van der Waals surface area (Å²) in [4.78, 5) is 40.6. The van der Waals surface area contributed by atoms with Gasteiger partial charge >= 0.3 is 0 Å². The standard InChI is InChI=1S/C27H28N4O4/c1-29(2)24-12-7-17-30(25-11-6-4-9-22(24)25)27(33)19-13-15-21(16-14-19)28-26(32)18-20-8-3-5-10-23(20)31(34)35/h3-6,8-11,13-16,24H,7,12,17-18H2,1-2H3,(H,28,32). The monoisotopic (exact) mass is 472 g/mol. The molecule has 0 aliphatic carbocycles. The lowest BCUT2D eigenvalue weighted by Gasteiger charge is -2.27. The van der Waals surface area contributed by atoms with Crippen LogP contribution in [0.3, 0.4) is 0 Å². The maximum atomic E-state index is 13.4. The molecule has 8 heteroatoms. The van der Waals surface area contributed by atoms with E-state index in [1.54, 1.807) is 42.5 Å². The molecule has 0 fully saturated rings. The SMILES string of the molecule is CN(C)C1CCCN(C(=O)c2ccc(NC(=O)Cc3ccccc3[N+](=O)[O-])cc2)c2ccccc21. The highest BCUT2D eigenvalue weighted by molar-refractivity contribution is 6.07. The van der Waals surface area contributed by atoms with Gasteiger partial charge in [-0.25, -0.2) is 0 Å². The van der Waals surface area contributed by atoms with Gasteiger partial charge in [0.15, 0.2) is 0 Å². The normalized spacial score (nSPS) is 15.3. The summed E-state index contributed by atoms with van der Waals surface area (Å²) in [5.41, 5.74) is 3.38. The Morgan fingerprint density at radius 3 is 2.43 bits per heavy atom. The Bertz CT molecular complexity index is 1240. The zero-order valence-electron chi connectivity index (χ0n) is 19.8. The number of fused-ring (bicyclic) bond motifs is 1. The van der Waals surface area contributed by atoms with Crippen LogP contribution in [0.5, 0.6) is 0 Å². The molecule has 0 saturated heterocycles. The number of hydrogen-bond donors (Lipinski definition) is 1. The molecule has 35 heavy (non-hydrogen) atoms. The molecule has 0 saturated carbocycles. The second-order valence-corrected chi connectivity index (χ2v) is 8.83. The van der Waals surface area contributed by atoms with Crippen molar-refractivity contribution in [3.05, 3.63) is 99.6 Å². The van der Waals surface area contributed by atoms with Crippen molar-refractivity contribution >= 4 is 28.9 Å². The fourth-order valence-electron chi connectivity index (χ4n) is 4.55. The first-order valence-electron chi connectivity index (χ1n) is 11.5. The van der Waals surface area contributed by atoms with E-state index in [1.165, 1.54) is 6.07 Å². The third-order valence-electron chi connectivity index (χ3n) is 6.27. The Labute approximate surface area is 204 Å². The van der Waals surface area contributed by atoms with Crippen molar-refractivity contribution in [3.8, 4) is 0 Å². The van der Waals surface area contributed by atoms with Crippen LogP contribution in [0.2, 0.25) is 0 Å². The van der Waals surface area contributed by atoms with Crippen molar-refractivity contribution < 1.29 is 14.5 Å². The molecular formula is C27H28N4O4. The number of para-hydroxylation sites is 2. The van der Waals surface area contributed by atoms with Crippen LogP contribution in [-0.2, 0) is 11.2 Å². The van der Waals surface area contributed by atoms with Gasteiger partial charge in [-0.1, -0.05) is 36.4 Å². The first kappa shape index (κ1) is 24.1. The number of carbonyl (C=O) groups is 2. The molecule has 1 aliphatic rings. The second-order valence-electron chi connectivity index (χ2n) is 8.83. The highest BCUT2D eigenvalue weighted by Gasteiger charge is 2.28. The molecule has 1 aliphatic heterocycles. The zero-order valence-corrected chi connectivity index (χ0v) is 19.8. The minimum atomic E-state index is -0.495. The highest BCUT2D eigenvalue weighted by atomic mass is 16.6. The maximum Gasteiger partial charge on any atom is 0.273 e. The smallest absolute Gasteiger partial charge is 0.273 e. The Morgan fingerprint density at radius 2 is 1.71 bits per heavy atom. The Morgan fingerprint density at radius 1 is 1.03 bits per heavy atom. The summed E-state index contributed by atoms with van der Waals surface area (Å²) in [7, 11) is 4.11. The van der Waals surface area contributed by atoms with Crippen LogP contribution in [0, 0.1) is 10.1 Å². The lowest BCUT2D eigenvalue weighted by atomic mass is 10.0. The molecule has 0 aromatic heterocycles. The van der Waals surface area contributed by atoms with E-state index in [2.05, 4.69) is 30.4 Å². The molecule has 3 aromatic carbocycles. The number of amides is 2. The Kier molecular flexibility index (Phi) is 7.22. The largest absolute Gasteiger partial charge is 0.326 e.